The topological polar surface area (TPSA) is 83.5 Å². The van der Waals surface area contributed by atoms with Gasteiger partial charge in [0, 0.05) is 24.4 Å². The molecule has 0 aliphatic heterocycles. The molecular weight excluding hydrogens is 342 g/mol. The summed E-state index contributed by atoms with van der Waals surface area (Å²) in [5.74, 6) is -0.103. The average Bonchev–Trinajstić information content (AvgIpc) is 2.59. The molecule has 0 aromatic heterocycles. The summed E-state index contributed by atoms with van der Waals surface area (Å²) in [5.41, 5.74) is 2.50. The lowest BCUT2D eigenvalue weighted by Gasteiger charge is -2.30. The fourth-order valence-electron chi connectivity index (χ4n) is 3.49. The number of hydrogen-bond donors (Lipinski definition) is 2. The zero-order valence-electron chi connectivity index (χ0n) is 16.3. The molecule has 2 unspecified atom stereocenters. The van der Waals surface area contributed by atoms with Crippen LogP contribution in [0.3, 0.4) is 0 Å². The average molecular weight is 371 g/mol. The highest BCUT2D eigenvalue weighted by Gasteiger charge is 2.32. The number of hydrogen-bond acceptors (Lipinski definition) is 3. The van der Waals surface area contributed by atoms with Gasteiger partial charge in [-0.2, -0.15) is 0 Å². The smallest absolute Gasteiger partial charge is 0.303 e. The number of allylic oxidation sites excluding steroid dienone is 1. The van der Waals surface area contributed by atoms with E-state index in [0.29, 0.717) is 18.0 Å². The Labute approximate surface area is 160 Å². The Bertz CT molecular complexity index is 718. The van der Waals surface area contributed by atoms with E-state index in [9.17, 15) is 14.4 Å². The quantitative estimate of drug-likeness (QED) is 0.690. The molecule has 1 aromatic rings. The van der Waals surface area contributed by atoms with Crippen molar-refractivity contribution in [3.8, 4) is 0 Å². The van der Waals surface area contributed by atoms with Gasteiger partial charge in [-0.05, 0) is 60.4 Å². The number of carboxylic acids is 1. The van der Waals surface area contributed by atoms with Crippen molar-refractivity contribution < 1.29 is 19.5 Å². The molecule has 0 saturated heterocycles. The first-order valence-electron chi connectivity index (χ1n) is 9.65. The van der Waals surface area contributed by atoms with Gasteiger partial charge in [-0.25, -0.2) is 0 Å². The number of carboxylic acid groups (broad SMARTS) is 1. The van der Waals surface area contributed by atoms with E-state index in [4.69, 9.17) is 5.11 Å². The summed E-state index contributed by atoms with van der Waals surface area (Å²) in [6.07, 6.45) is 4.46. The largest absolute Gasteiger partial charge is 0.481 e. The number of carbonyl (C=O) groups excluding carboxylic acids is 2. The van der Waals surface area contributed by atoms with Gasteiger partial charge in [0.1, 0.15) is 0 Å². The number of Topliss-reactive ketones (excluding diaryl/α,β-unsaturated/α-hetero) is 1. The van der Waals surface area contributed by atoms with Gasteiger partial charge in [0.05, 0.1) is 0 Å². The number of nitrogens with one attached hydrogen (secondary N) is 1. The molecule has 1 amide bonds. The first kappa shape index (κ1) is 20.9. The minimum atomic E-state index is -0.897. The maximum Gasteiger partial charge on any atom is 0.303 e. The van der Waals surface area contributed by atoms with Crippen LogP contribution in [0, 0.1) is 17.8 Å². The summed E-state index contributed by atoms with van der Waals surface area (Å²) < 4.78 is 0. The zero-order chi connectivity index (χ0) is 20.0. The molecule has 0 spiro atoms. The summed E-state index contributed by atoms with van der Waals surface area (Å²) in [6.45, 7) is 6.31. The van der Waals surface area contributed by atoms with Gasteiger partial charge >= 0.3 is 5.97 Å². The molecule has 1 aromatic carbocycles. The van der Waals surface area contributed by atoms with Crippen molar-refractivity contribution in [2.24, 2.45) is 17.8 Å². The summed E-state index contributed by atoms with van der Waals surface area (Å²) in [5, 5.41) is 11.4. The second-order valence-corrected chi connectivity index (χ2v) is 7.71. The maximum absolute atomic E-state index is 12.8. The molecule has 0 bridgehead atoms. The third kappa shape index (κ3) is 6.05. The molecule has 0 heterocycles. The van der Waals surface area contributed by atoms with Gasteiger partial charge in [-0.3, -0.25) is 14.4 Å². The fourth-order valence-corrected chi connectivity index (χ4v) is 3.49. The lowest BCUT2D eigenvalue weighted by atomic mass is 9.73. The minimum Gasteiger partial charge on any atom is -0.481 e. The molecule has 5 nitrogen and oxygen atoms in total. The highest BCUT2D eigenvalue weighted by Crippen LogP contribution is 2.35. The fraction of sp³-hybridized carbons (Fsp3) is 0.500. The first-order chi connectivity index (χ1) is 12.8. The number of aliphatic carboxylic acids is 1. The van der Waals surface area contributed by atoms with Gasteiger partial charge < -0.3 is 10.4 Å². The number of anilines is 1. The summed E-state index contributed by atoms with van der Waals surface area (Å²) in [4.78, 5) is 35.1. The van der Waals surface area contributed by atoms with E-state index < -0.39 is 5.97 Å². The Morgan fingerprint density at radius 3 is 2.44 bits per heavy atom. The van der Waals surface area contributed by atoms with E-state index in [0.717, 1.165) is 24.0 Å². The van der Waals surface area contributed by atoms with Crippen molar-refractivity contribution in [3.63, 3.8) is 0 Å². The van der Waals surface area contributed by atoms with E-state index in [-0.39, 0.29) is 36.4 Å². The standard InChI is InChI=1S/C22H29NO4/c1-14(2)18-12-7-15(3)19(22(18)27)13-16-8-10-17(11-9-16)23-20(24)5-4-6-21(25)26/h8-11,13-15,18H,4-7,12H2,1-3H3,(H,23,24)(H,25,26). The van der Waals surface area contributed by atoms with Gasteiger partial charge in [-0.15, -0.1) is 0 Å². The van der Waals surface area contributed by atoms with Gasteiger partial charge in [0.15, 0.2) is 5.78 Å². The van der Waals surface area contributed by atoms with Crippen LogP contribution >= 0.6 is 0 Å². The van der Waals surface area contributed by atoms with Crippen LogP contribution in [-0.4, -0.2) is 22.8 Å². The van der Waals surface area contributed by atoms with E-state index in [1.165, 1.54) is 0 Å². The van der Waals surface area contributed by atoms with Crippen molar-refractivity contribution in [2.45, 2.75) is 52.9 Å². The van der Waals surface area contributed by atoms with E-state index >= 15 is 0 Å². The Morgan fingerprint density at radius 1 is 1.19 bits per heavy atom. The predicted octanol–water partition coefficient (Wildman–Crippen LogP) is 4.53. The van der Waals surface area contributed by atoms with Crippen LogP contribution < -0.4 is 5.32 Å². The molecule has 2 atom stereocenters. The molecule has 146 valence electrons. The predicted molar refractivity (Wildman–Crippen MR) is 106 cm³/mol. The number of rotatable bonds is 7. The number of ketones is 1. The van der Waals surface area contributed by atoms with Crippen LogP contribution in [0.2, 0.25) is 0 Å². The highest BCUT2D eigenvalue weighted by atomic mass is 16.4. The Morgan fingerprint density at radius 2 is 1.85 bits per heavy atom. The van der Waals surface area contributed by atoms with Gasteiger partial charge in [-0.1, -0.05) is 32.9 Å². The Kier molecular flexibility index (Phi) is 7.34. The molecule has 0 radical (unpaired) electrons. The van der Waals surface area contributed by atoms with E-state index in [1.54, 1.807) is 12.1 Å². The Balaban J connectivity index is 2.01. The summed E-state index contributed by atoms with van der Waals surface area (Å²) in [7, 11) is 0. The third-order valence-corrected chi connectivity index (χ3v) is 5.18. The van der Waals surface area contributed by atoms with Crippen molar-refractivity contribution in [3.05, 3.63) is 35.4 Å². The molecule has 1 aliphatic rings. The normalized spacial score (nSPS) is 21.5. The minimum absolute atomic E-state index is 0.0104. The summed E-state index contributed by atoms with van der Waals surface area (Å²) >= 11 is 0. The molecular formula is C22H29NO4. The molecule has 2 rings (SSSR count). The SMILES string of the molecule is CC1CCC(C(C)C)C(=O)C1=Cc1ccc(NC(=O)CCCC(=O)O)cc1. The van der Waals surface area contributed by atoms with Gasteiger partial charge in [0.25, 0.3) is 0 Å². The second-order valence-electron chi connectivity index (χ2n) is 7.71. The monoisotopic (exact) mass is 371 g/mol. The third-order valence-electron chi connectivity index (χ3n) is 5.18. The molecule has 5 heteroatoms. The molecule has 1 fully saturated rings. The second kappa shape index (κ2) is 9.49. The van der Waals surface area contributed by atoms with Crippen LogP contribution in [0.25, 0.3) is 6.08 Å². The molecule has 27 heavy (non-hydrogen) atoms. The zero-order valence-corrected chi connectivity index (χ0v) is 16.3. The summed E-state index contributed by atoms with van der Waals surface area (Å²) in [6, 6.07) is 7.39. The molecule has 1 aliphatic carbocycles. The van der Waals surface area contributed by atoms with Crippen LogP contribution in [0.4, 0.5) is 5.69 Å². The lowest BCUT2D eigenvalue weighted by Crippen LogP contribution is -2.30. The van der Waals surface area contributed by atoms with Crippen molar-refractivity contribution in [2.75, 3.05) is 5.32 Å². The van der Waals surface area contributed by atoms with E-state index in [1.807, 2.05) is 18.2 Å². The first-order valence-corrected chi connectivity index (χ1v) is 9.65. The number of amides is 1. The highest BCUT2D eigenvalue weighted by molar-refractivity contribution is 6.02. The lowest BCUT2D eigenvalue weighted by molar-refractivity contribution is -0.137. The van der Waals surface area contributed by atoms with Crippen LogP contribution in [0.1, 0.15) is 58.4 Å². The van der Waals surface area contributed by atoms with Gasteiger partial charge in [0.2, 0.25) is 5.91 Å². The number of benzene rings is 1. The van der Waals surface area contributed by atoms with Crippen LogP contribution in [-0.2, 0) is 14.4 Å². The van der Waals surface area contributed by atoms with E-state index in [2.05, 4.69) is 26.1 Å². The Hall–Kier alpha value is -2.43. The molecule has 2 N–H and O–H groups in total. The van der Waals surface area contributed by atoms with Crippen molar-refractivity contribution in [1.29, 1.82) is 0 Å². The van der Waals surface area contributed by atoms with Crippen molar-refractivity contribution in [1.82, 2.24) is 0 Å². The molecule has 1 saturated carbocycles. The maximum atomic E-state index is 12.8. The van der Waals surface area contributed by atoms with Crippen molar-refractivity contribution >= 4 is 29.4 Å². The van der Waals surface area contributed by atoms with Crippen LogP contribution in [0.5, 0.6) is 0 Å². The van der Waals surface area contributed by atoms with Crippen LogP contribution in [0.15, 0.2) is 29.8 Å². The number of carbonyl (C=O) groups is 3.